The van der Waals surface area contributed by atoms with Crippen molar-refractivity contribution in [3.8, 4) is 0 Å². The van der Waals surface area contributed by atoms with E-state index >= 15 is 0 Å². The number of aromatic nitrogens is 2. The second-order valence-electron chi connectivity index (χ2n) is 7.74. The fraction of sp³-hybridized carbons (Fsp3) is 0.458. The van der Waals surface area contributed by atoms with Gasteiger partial charge in [0.1, 0.15) is 0 Å². The zero-order valence-corrected chi connectivity index (χ0v) is 16.7. The summed E-state index contributed by atoms with van der Waals surface area (Å²) in [5.41, 5.74) is 8.69. The van der Waals surface area contributed by atoms with Crippen molar-refractivity contribution in [2.45, 2.75) is 58.4 Å². The van der Waals surface area contributed by atoms with E-state index < -0.39 is 0 Å². The Morgan fingerprint density at radius 3 is 2.85 bits per heavy atom. The van der Waals surface area contributed by atoms with Gasteiger partial charge in [-0.25, -0.2) is 0 Å². The summed E-state index contributed by atoms with van der Waals surface area (Å²) in [4.78, 5) is 4.60. The van der Waals surface area contributed by atoms with Gasteiger partial charge < -0.3 is 9.88 Å². The SMILES string of the molecule is CCc1c(CNCCCc2ccnc3c2CCCC3)c2ccccc2n1C. The standard InChI is InChI=1S/C24H31N3/c1-3-23-21(20-11-5-7-13-24(20)27(23)2)17-25-15-8-9-18-14-16-26-22-12-6-4-10-19(18)22/h5,7,11,13-14,16,25H,3-4,6,8-10,12,15,17H2,1-2H3. The molecule has 0 aliphatic heterocycles. The molecule has 3 heteroatoms. The second kappa shape index (κ2) is 8.26. The number of rotatable bonds is 7. The number of hydrogen-bond donors (Lipinski definition) is 1. The van der Waals surface area contributed by atoms with Gasteiger partial charge >= 0.3 is 0 Å². The van der Waals surface area contributed by atoms with Gasteiger partial charge in [0.05, 0.1) is 0 Å². The molecule has 0 amide bonds. The number of nitrogens with zero attached hydrogens (tertiary/aromatic N) is 2. The number of para-hydroxylation sites is 1. The first kappa shape index (κ1) is 18.2. The van der Waals surface area contributed by atoms with Gasteiger partial charge in [0.2, 0.25) is 0 Å². The van der Waals surface area contributed by atoms with Crippen LogP contribution in [0.25, 0.3) is 10.9 Å². The van der Waals surface area contributed by atoms with Crippen LogP contribution in [0.2, 0.25) is 0 Å². The number of pyridine rings is 1. The van der Waals surface area contributed by atoms with Crippen LogP contribution in [-0.2, 0) is 39.3 Å². The Morgan fingerprint density at radius 1 is 1.11 bits per heavy atom. The summed E-state index contributed by atoms with van der Waals surface area (Å²) < 4.78 is 2.36. The molecule has 0 bridgehead atoms. The molecule has 0 atom stereocenters. The molecule has 1 N–H and O–H groups in total. The van der Waals surface area contributed by atoms with Gasteiger partial charge in [-0.3, -0.25) is 4.98 Å². The number of benzene rings is 1. The summed E-state index contributed by atoms with van der Waals surface area (Å²) in [6.07, 6.45) is 10.4. The normalized spacial score (nSPS) is 13.9. The van der Waals surface area contributed by atoms with Crippen LogP contribution in [0, 0.1) is 0 Å². The fourth-order valence-electron chi connectivity index (χ4n) is 4.72. The summed E-state index contributed by atoms with van der Waals surface area (Å²) in [6, 6.07) is 11.0. The summed E-state index contributed by atoms with van der Waals surface area (Å²) in [5, 5.41) is 5.10. The minimum atomic E-state index is 0.957. The highest BCUT2D eigenvalue weighted by Gasteiger charge is 2.14. The molecule has 3 nitrogen and oxygen atoms in total. The summed E-state index contributed by atoms with van der Waals surface area (Å²) in [6.45, 7) is 4.27. The Morgan fingerprint density at radius 2 is 1.96 bits per heavy atom. The quantitative estimate of drug-likeness (QED) is 0.616. The molecule has 1 aromatic carbocycles. The van der Waals surface area contributed by atoms with Gasteiger partial charge in [0.15, 0.2) is 0 Å². The van der Waals surface area contributed by atoms with Crippen molar-refractivity contribution in [1.29, 1.82) is 0 Å². The van der Waals surface area contributed by atoms with Crippen LogP contribution in [0.3, 0.4) is 0 Å². The molecular weight excluding hydrogens is 330 g/mol. The van der Waals surface area contributed by atoms with Crippen LogP contribution in [0.4, 0.5) is 0 Å². The molecule has 3 aromatic rings. The maximum atomic E-state index is 4.60. The lowest BCUT2D eigenvalue weighted by atomic mass is 9.91. The predicted octanol–water partition coefficient (Wildman–Crippen LogP) is 4.74. The first-order valence-electron chi connectivity index (χ1n) is 10.5. The molecule has 0 fully saturated rings. The van der Waals surface area contributed by atoms with E-state index in [1.54, 1.807) is 5.56 Å². The Labute approximate surface area is 162 Å². The van der Waals surface area contributed by atoms with E-state index in [0.717, 1.165) is 25.9 Å². The van der Waals surface area contributed by atoms with Crippen LogP contribution < -0.4 is 5.32 Å². The topological polar surface area (TPSA) is 29.9 Å². The monoisotopic (exact) mass is 361 g/mol. The zero-order chi connectivity index (χ0) is 18.6. The molecule has 2 aromatic heterocycles. The lowest BCUT2D eigenvalue weighted by Crippen LogP contribution is -2.17. The largest absolute Gasteiger partial charge is 0.347 e. The Hall–Kier alpha value is -2.13. The van der Waals surface area contributed by atoms with Gasteiger partial charge in [-0.15, -0.1) is 0 Å². The van der Waals surface area contributed by atoms with Crippen molar-refractivity contribution in [2.75, 3.05) is 6.54 Å². The first-order valence-corrected chi connectivity index (χ1v) is 10.5. The van der Waals surface area contributed by atoms with Crippen molar-refractivity contribution in [3.05, 3.63) is 64.6 Å². The van der Waals surface area contributed by atoms with Crippen LogP contribution in [-0.4, -0.2) is 16.1 Å². The average Bonchev–Trinajstić information content (AvgIpc) is 2.99. The third-order valence-electron chi connectivity index (χ3n) is 6.11. The van der Waals surface area contributed by atoms with Gasteiger partial charge in [-0.05, 0) is 80.3 Å². The molecule has 0 radical (unpaired) electrons. The van der Waals surface area contributed by atoms with Crippen LogP contribution >= 0.6 is 0 Å². The molecule has 0 saturated carbocycles. The highest BCUT2D eigenvalue weighted by atomic mass is 15.0. The Kier molecular flexibility index (Phi) is 5.58. The van der Waals surface area contributed by atoms with Gasteiger partial charge in [0, 0.05) is 42.1 Å². The maximum absolute atomic E-state index is 4.60. The van der Waals surface area contributed by atoms with E-state index in [1.165, 1.54) is 65.5 Å². The van der Waals surface area contributed by atoms with Crippen molar-refractivity contribution in [1.82, 2.24) is 14.9 Å². The minimum absolute atomic E-state index is 0.957. The molecular formula is C24H31N3. The summed E-state index contributed by atoms with van der Waals surface area (Å²) >= 11 is 0. The van der Waals surface area contributed by atoms with E-state index in [0.29, 0.717) is 0 Å². The summed E-state index contributed by atoms with van der Waals surface area (Å²) in [5.74, 6) is 0. The van der Waals surface area contributed by atoms with E-state index in [-0.39, 0.29) is 0 Å². The molecule has 0 spiro atoms. The van der Waals surface area contributed by atoms with Crippen molar-refractivity contribution in [3.63, 3.8) is 0 Å². The van der Waals surface area contributed by atoms with Crippen molar-refractivity contribution in [2.24, 2.45) is 7.05 Å². The average molecular weight is 362 g/mol. The Balaban J connectivity index is 1.37. The lowest BCUT2D eigenvalue weighted by molar-refractivity contribution is 0.630. The minimum Gasteiger partial charge on any atom is -0.347 e. The van der Waals surface area contributed by atoms with Crippen molar-refractivity contribution < 1.29 is 0 Å². The van der Waals surface area contributed by atoms with Crippen LogP contribution in [0.15, 0.2) is 36.5 Å². The smallest absolute Gasteiger partial charge is 0.0483 e. The maximum Gasteiger partial charge on any atom is 0.0483 e. The van der Waals surface area contributed by atoms with Gasteiger partial charge in [-0.2, -0.15) is 0 Å². The third-order valence-corrected chi connectivity index (χ3v) is 6.11. The van der Waals surface area contributed by atoms with Crippen LogP contribution in [0.1, 0.15) is 54.3 Å². The van der Waals surface area contributed by atoms with E-state index in [4.69, 9.17) is 0 Å². The predicted molar refractivity (Wildman–Crippen MR) is 113 cm³/mol. The molecule has 0 unspecified atom stereocenters. The van der Waals surface area contributed by atoms with Crippen LogP contribution in [0.5, 0.6) is 0 Å². The third kappa shape index (κ3) is 3.66. The number of fused-ring (bicyclic) bond motifs is 2. The molecule has 27 heavy (non-hydrogen) atoms. The fourth-order valence-corrected chi connectivity index (χ4v) is 4.72. The second-order valence-corrected chi connectivity index (χ2v) is 7.74. The van der Waals surface area contributed by atoms with Gasteiger partial charge in [0.25, 0.3) is 0 Å². The number of hydrogen-bond acceptors (Lipinski definition) is 2. The zero-order valence-electron chi connectivity index (χ0n) is 16.7. The lowest BCUT2D eigenvalue weighted by Gasteiger charge is -2.18. The van der Waals surface area contributed by atoms with Gasteiger partial charge in [-0.1, -0.05) is 25.1 Å². The number of nitrogens with one attached hydrogen (secondary N) is 1. The highest BCUT2D eigenvalue weighted by Crippen LogP contribution is 2.26. The van der Waals surface area contributed by atoms with E-state index in [2.05, 4.69) is 59.2 Å². The summed E-state index contributed by atoms with van der Waals surface area (Å²) in [7, 11) is 2.19. The molecule has 0 saturated heterocycles. The first-order chi connectivity index (χ1) is 13.3. The van der Waals surface area contributed by atoms with E-state index in [9.17, 15) is 0 Å². The Bertz CT molecular complexity index is 923. The highest BCUT2D eigenvalue weighted by molar-refractivity contribution is 5.85. The number of aryl methyl sites for hydroxylation is 3. The molecule has 1 aliphatic carbocycles. The molecule has 4 rings (SSSR count). The molecule has 1 aliphatic rings. The van der Waals surface area contributed by atoms with E-state index in [1.807, 2.05) is 6.20 Å². The molecule has 142 valence electrons. The van der Waals surface area contributed by atoms with Crippen molar-refractivity contribution >= 4 is 10.9 Å². The molecule has 2 heterocycles.